The molecule has 0 aromatic heterocycles. The summed E-state index contributed by atoms with van der Waals surface area (Å²) in [6.07, 6.45) is 0. The van der Waals surface area contributed by atoms with Crippen LogP contribution in [0.25, 0.3) is 0 Å². The van der Waals surface area contributed by atoms with Crippen molar-refractivity contribution in [2.45, 2.75) is 0 Å². The molecule has 0 saturated carbocycles. The highest BCUT2D eigenvalue weighted by molar-refractivity contribution is 6.40. The van der Waals surface area contributed by atoms with Gasteiger partial charge in [0.2, 0.25) is 0 Å². The van der Waals surface area contributed by atoms with Crippen LogP contribution in [-0.2, 0) is 0 Å². The Labute approximate surface area is 75.9 Å². The number of hydrogen-bond acceptors (Lipinski definition) is 1. The van der Waals surface area contributed by atoms with E-state index in [0.29, 0.717) is 0 Å². The van der Waals surface area contributed by atoms with Crippen molar-refractivity contribution in [2.24, 2.45) is 0 Å². The zero-order valence-corrected chi connectivity index (χ0v) is 6.85. The lowest BCUT2D eigenvalue weighted by molar-refractivity contribution is 0.476. The first-order valence-electron chi connectivity index (χ1n) is 3.29. The van der Waals surface area contributed by atoms with Crippen molar-refractivity contribution in [1.29, 1.82) is 0 Å². The SMILES string of the molecule is [2H]c1c(Cl)c([2H])c(Cl)c(O)c1Cl. The molecule has 1 nitrogen and oxygen atoms in total. The van der Waals surface area contributed by atoms with Crippen LogP contribution in [-0.4, -0.2) is 5.11 Å². The van der Waals surface area contributed by atoms with Crippen molar-refractivity contribution in [2.75, 3.05) is 0 Å². The van der Waals surface area contributed by atoms with Gasteiger partial charge in [0.15, 0.2) is 5.75 Å². The van der Waals surface area contributed by atoms with E-state index in [9.17, 15) is 0 Å². The molecule has 1 rings (SSSR count). The molecule has 0 heterocycles. The Balaban J connectivity index is 3.60. The molecule has 0 saturated heterocycles. The van der Waals surface area contributed by atoms with Crippen LogP contribution in [0.3, 0.4) is 0 Å². The number of hydrogen-bond donors (Lipinski definition) is 1. The number of benzene rings is 1. The summed E-state index contributed by atoms with van der Waals surface area (Å²) in [6, 6.07) is -0.574. The van der Waals surface area contributed by atoms with E-state index in [1.807, 2.05) is 0 Å². The Kier molecular flexibility index (Phi) is 1.59. The number of phenols is 1. The van der Waals surface area contributed by atoms with E-state index in [4.69, 9.17) is 42.7 Å². The van der Waals surface area contributed by atoms with Gasteiger partial charge in [0.1, 0.15) is 0 Å². The second-order valence-electron chi connectivity index (χ2n) is 1.54. The zero-order valence-electron chi connectivity index (χ0n) is 6.58. The van der Waals surface area contributed by atoms with Crippen molar-refractivity contribution in [1.82, 2.24) is 0 Å². The minimum atomic E-state index is -0.474. The molecular weight excluding hydrogens is 194 g/mol. The molecule has 0 radical (unpaired) electrons. The van der Waals surface area contributed by atoms with Crippen LogP contribution in [0.1, 0.15) is 2.74 Å². The van der Waals surface area contributed by atoms with E-state index in [1.54, 1.807) is 0 Å². The largest absolute Gasteiger partial charge is 0.505 e. The van der Waals surface area contributed by atoms with Gasteiger partial charge in [-0.05, 0) is 12.1 Å². The van der Waals surface area contributed by atoms with Crippen molar-refractivity contribution in [3.63, 3.8) is 0 Å². The van der Waals surface area contributed by atoms with Gasteiger partial charge in [-0.25, -0.2) is 0 Å². The third-order valence-corrected chi connectivity index (χ3v) is 1.59. The van der Waals surface area contributed by atoms with E-state index < -0.39 is 5.75 Å². The maximum absolute atomic E-state index is 9.13. The summed E-state index contributed by atoms with van der Waals surface area (Å²) < 4.78 is 14.4. The maximum Gasteiger partial charge on any atom is 0.152 e. The molecule has 0 aliphatic rings. The van der Waals surface area contributed by atoms with Crippen molar-refractivity contribution in [3.8, 4) is 5.75 Å². The quantitative estimate of drug-likeness (QED) is 0.679. The summed E-state index contributed by atoms with van der Waals surface area (Å²) in [4.78, 5) is 0. The molecule has 1 aromatic rings. The molecule has 0 unspecified atom stereocenters. The highest BCUT2D eigenvalue weighted by atomic mass is 35.5. The summed E-state index contributed by atoms with van der Waals surface area (Å²) >= 11 is 16.4. The van der Waals surface area contributed by atoms with E-state index in [2.05, 4.69) is 0 Å². The fourth-order valence-electron chi connectivity index (χ4n) is 0.439. The van der Waals surface area contributed by atoms with Crippen molar-refractivity contribution >= 4 is 34.8 Å². The third-order valence-electron chi connectivity index (χ3n) is 0.855. The van der Waals surface area contributed by atoms with E-state index in [-0.39, 0.29) is 27.2 Å². The van der Waals surface area contributed by atoms with Crippen molar-refractivity contribution < 1.29 is 7.85 Å². The third kappa shape index (κ3) is 1.48. The van der Waals surface area contributed by atoms with Crippen molar-refractivity contribution in [3.05, 3.63) is 27.2 Å². The van der Waals surface area contributed by atoms with Gasteiger partial charge in [0.25, 0.3) is 0 Å². The van der Waals surface area contributed by atoms with Gasteiger partial charge in [-0.2, -0.15) is 0 Å². The van der Waals surface area contributed by atoms with Crippen LogP contribution in [0.15, 0.2) is 12.1 Å². The first-order chi connectivity index (χ1) is 5.46. The lowest BCUT2D eigenvalue weighted by Crippen LogP contribution is -1.70. The Bertz CT molecular complexity index is 235. The molecule has 4 heteroatoms. The normalized spacial score (nSPS) is 12.7. The van der Waals surface area contributed by atoms with Crippen LogP contribution < -0.4 is 0 Å². The average molecular weight is 199 g/mol. The Hall–Kier alpha value is -0.110. The van der Waals surface area contributed by atoms with Crippen LogP contribution in [0.5, 0.6) is 5.75 Å². The minimum Gasteiger partial charge on any atom is -0.505 e. The van der Waals surface area contributed by atoms with Gasteiger partial charge in [-0.3, -0.25) is 0 Å². The number of rotatable bonds is 0. The molecule has 0 aliphatic heterocycles. The van der Waals surface area contributed by atoms with E-state index in [1.165, 1.54) is 0 Å². The summed E-state index contributed by atoms with van der Waals surface area (Å²) in [7, 11) is 0. The topological polar surface area (TPSA) is 20.2 Å². The lowest BCUT2D eigenvalue weighted by Gasteiger charge is -1.98. The van der Waals surface area contributed by atoms with Crippen LogP contribution >= 0.6 is 34.8 Å². The summed E-state index contributed by atoms with van der Waals surface area (Å²) in [6.45, 7) is 0. The standard InChI is InChI=1S/C6H3Cl3O/c7-3-1-4(8)6(10)5(9)2-3/h1-2,10H/i1D,2D. The van der Waals surface area contributed by atoms with E-state index >= 15 is 0 Å². The molecule has 54 valence electrons. The second kappa shape index (κ2) is 2.87. The van der Waals surface area contributed by atoms with Gasteiger partial charge >= 0.3 is 0 Å². The highest BCUT2D eigenvalue weighted by Crippen LogP contribution is 2.34. The van der Waals surface area contributed by atoms with Crippen LogP contribution in [0.2, 0.25) is 15.1 Å². The van der Waals surface area contributed by atoms with Gasteiger partial charge in [-0.1, -0.05) is 34.8 Å². The molecule has 0 aliphatic carbocycles. The number of aromatic hydroxyl groups is 1. The molecule has 10 heavy (non-hydrogen) atoms. The highest BCUT2D eigenvalue weighted by Gasteiger charge is 2.03. The van der Waals surface area contributed by atoms with Gasteiger partial charge in [0, 0.05) is 5.02 Å². The Morgan fingerprint density at radius 3 is 2.00 bits per heavy atom. The zero-order chi connectivity index (χ0) is 9.46. The molecule has 1 aromatic carbocycles. The molecular formula is C6H3Cl3O. The fourth-order valence-corrected chi connectivity index (χ4v) is 1.15. The Morgan fingerprint density at radius 2 is 1.60 bits per heavy atom. The van der Waals surface area contributed by atoms with Gasteiger partial charge in [0.05, 0.1) is 12.8 Å². The predicted molar refractivity (Wildman–Crippen MR) is 43.1 cm³/mol. The molecule has 0 amide bonds. The molecule has 0 bridgehead atoms. The maximum atomic E-state index is 9.13. The predicted octanol–water partition coefficient (Wildman–Crippen LogP) is 3.35. The number of phenolic OH excluding ortho intramolecular Hbond substituents is 1. The lowest BCUT2D eigenvalue weighted by atomic mass is 10.3. The smallest absolute Gasteiger partial charge is 0.152 e. The molecule has 0 fully saturated rings. The fraction of sp³-hybridized carbons (Fsp3) is 0. The van der Waals surface area contributed by atoms with Gasteiger partial charge < -0.3 is 5.11 Å². The molecule has 0 atom stereocenters. The summed E-state index contributed by atoms with van der Waals surface area (Å²) in [5.41, 5.74) is 0. The molecule has 0 spiro atoms. The Morgan fingerprint density at radius 1 is 1.20 bits per heavy atom. The summed E-state index contributed by atoms with van der Waals surface area (Å²) in [5.74, 6) is -0.474. The first-order valence-corrected chi connectivity index (χ1v) is 3.42. The number of halogens is 3. The van der Waals surface area contributed by atoms with Crippen LogP contribution in [0, 0.1) is 0 Å². The monoisotopic (exact) mass is 198 g/mol. The average Bonchev–Trinajstić information content (AvgIpc) is 2.08. The second-order valence-corrected chi connectivity index (χ2v) is 2.67. The van der Waals surface area contributed by atoms with Gasteiger partial charge in [-0.15, -0.1) is 0 Å². The summed E-state index contributed by atoms with van der Waals surface area (Å²) in [5, 5.41) is 8.50. The van der Waals surface area contributed by atoms with Crippen LogP contribution in [0.4, 0.5) is 0 Å². The molecule has 1 N–H and O–H groups in total. The first kappa shape index (κ1) is 5.53. The minimum absolute atomic E-state index is 0.164. The van der Waals surface area contributed by atoms with E-state index in [0.717, 1.165) is 0 Å².